The number of nitrogens with zero attached hydrogens (tertiary/aromatic N) is 2. The number of hydrogen-bond acceptors (Lipinski definition) is 6. The number of rotatable bonds is 5. The Morgan fingerprint density at radius 1 is 1.00 bits per heavy atom. The minimum absolute atomic E-state index is 0.108. The van der Waals surface area contributed by atoms with E-state index in [1.807, 2.05) is 5.01 Å². The van der Waals surface area contributed by atoms with Gasteiger partial charge in [-0.25, -0.2) is 5.01 Å². The van der Waals surface area contributed by atoms with E-state index in [-0.39, 0.29) is 41.0 Å². The number of hydrazine groups is 1. The fourth-order valence-corrected chi connectivity index (χ4v) is 9.84. The highest BCUT2D eigenvalue weighted by Gasteiger charge is 2.65. The van der Waals surface area contributed by atoms with E-state index in [1.54, 1.807) is 0 Å². The van der Waals surface area contributed by atoms with E-state index in [4.69, 9.17) is 0 Å². The van der Waals surface area contributed by atoms with Crippen molar-refractivity contribution in [1.82, 2.24) is 15.3 Å². The zero-order valence-corrected chi connectivity index (χ0v) is 23.0. The average molecular weight is 506 g/mol. The van der Waals surface area contributed by atoms with Crippen LogP contribution in [0.5, 0.6) is 0 Å². The van der Waals surface area contributed by atoms with Crippen LogP contribution in [-0.2, 0) is 4.79 Å². The van der Waals surface area contributed by atoms with E-state index in [9.17, 15) is 20.1 Å². The number of hydrogen-bond donors (Lipinski definition) is 4. The molecule has 0 aromatic heterocycles. The van der Waals surface area contributed by atoms with Crippen LogP contribution in [0.4, 0.5) is 0 Å². The lowest BCUT2D eigenvalue weighted by atomic mass is 9.43. The van der Waals surface area contributed by atoms with Crippen LogP contribution in [0, 0.1) is 46.3 Å². The van der Waals surface area contributed by atoms with Gasteiger partial charge in [-0.3, -0.25) is 10.2 Å². The van der Waals surface area contributed by atoms with Crippen LogP contribution < -0.4 is 5.43 Å². The van der Waals surface area contributed by atoms with Crippen LogP contribution in [0.15, 0.2) is 0 Å². The number of aliphatic hydroxyl groups is 3. The first kappa shape index (κ1) is 26.9. The van der Waals surface area contributed by atoms with Crippen LogP contribution in [0.2, 0.25) is 0 Å². The molecule has 0 radical (unpaired) electrons. The van der Waals surface area contributed by atoms with Gasteiger partial charge in [0, 0.05) is 32.6 Å². The minimum Gasteiger partial charge on any atom is -0.393 e. The molecule has 4 saturated carbocycles. The minimum atomic E-state index is -0.368. The lowest BCUT2D eigenvalue weighted by Gasteiger charge is -2.63. The van der Waals surface area contributed by atoms with Gasteiger partial charge >= 0.3 is 0 Å². The van der Waals surface area contributed by atoms with Crippen LogP contribution >= 0.6 is 0 Å². The van der Waals surface area contributed by atoms with E-state index in [1.165, 1.54) is 0 Å². The first-order valence-corrected chi connectivity index (χ1v) is 14.8. The molecule has 1 heterocycles. The van der Waals surface area contributed by atoms with Crippen LogP contribution in [0.1, 0.15) is 78.6 Å². The van der Waals surface area contributed by atoms with Crippen molar-refractivity contribution in [2.45, 2.75) is 96.9 Å². The van der Waals surface area contributed by atoms with Gasteiger partial charge in [0.1, 0.15) is 0 Å². The normalized spacial score (nSPS) is 48.5. The summed E-state index contributed by atoms with van der Waals surface area (Å²) in [4.78, 5) is 15.0. The first-order valence-electron chi connectivity index (χ1n) is 14.8. The van der Waals surface area contributed by atoms with Gasteiger partial charge < -0.3 is 20.2 Å². The Morgan fingerprint density at radius 3 is 2.44 bits per heavy atom. The van der Waals surface area contributed by atoms with Gasteiger partial charge in [-0.1, -0.05) is 20.8 Å². The van der Waals surface area contributed by atoms with Crippen molar-refractivity contribution in [3.8, 4) is 0 Å². The Kier molecular flexibility index (Phi) is 7.54. The number of carbonyl (C=O) groups excluding carboxylic acids is 1. The lowest BCUT2D eigenvalue weighted by Crippen LogP contribution is -2.62. The zero-order chi connectivity index (χ0) is 25.8. The van der Waals surface area contributed by atoms with Crippen molar-refractivity contribution in [2.24, 2.45) is 46.3 Å². The molecule has 206 valence electrons. The van der Waals surface area contributed by atoms with E-state index in [0.29, 0.717) is 36.0 Å². The molecule has 5 fully saturated rings. The number of amides is 1. The quantitative estimate of drug-likeness (QED) is 0.459. The van der Waals surface area contributed by atoms with Gasteiger partial charge in [-0.2, -0.15) is 0 Å². The second-order valence-corrected chi connectivity index (χ2v) is 13.9. The molecule has 0 bridgehead atoms. The third kappa shape index (κ3) is 4.55. The van der Waals surface area contributed by atoms with Crippen LogP contribution in [-0.4, -0.2) is 82.7 Å². The van der Waals surface area contributed by atoms with Crippen molar-refractivity contribution in [3.05, 3.63) is 0 Å². The third-order valence-corrected chi connectivity index (χ3v) is 12.1. The van der Waals surface area contributed by atoms with E-state index < -0.39 is 0 Å². The summed E-state index contributed by atoms with van der Waals surface area (Å²) >= 11 is 0. The molecule has 1 amide bonds. The maximum absolute atomic E-state index is 12.7. The molecule has 0 aromatic rings. The predicted octanol–water partition coefficient (Wildman–Crippen LogP) is 2.64. The van der Waals surface area contributed by atoms with Crippen molar-refractivity contribution in [2.75, 3.05) is 33.2 Å². The summed E-state index contributed by atoms with van der Waals surface area (Å²) in [5, 5.41) is 35.5. The molecule has 0 aromatic carbocycles. The standard InChI is InChI=1S/C29H51N3O4/c1-18(5-8-26(36)30-32-13-11-31(4)12-14-32)21-6-7-22-27-23(17-25(35)29(21,22)3)28(2)10-9-20(33)15-19(28)16-24(27)34/h18-25,27,33-35H,5-17H2,1-4H3,(H,30,36)/t18-,19+,20-,21-,22+,23+,24-,25+,27+,28+,29-/m1/s1. The maximum atomic E-state index is 12.7. The fourth-order valence-electron chi connectivity index (χ4n) is 9.84. The Morgan fingerprint density at radius 2 is 1.72 bits per heavy atom. The number of fused-ring (bicyclic) bond motifs is 5. The van der Waals surface area contributed by atoms with E-state index in [2.05, 4.69) is 38.1 Å². The lowest BCUT2D eigenvalue weighted by molar-refractivity contribution is -0.207. The number of piperazine rings is 1. The number of carbonyl (C=O) groups is 1. The predicted molar refractivity (Wildman–Crippen MR) is 140 cm³/mol. The molecular weight excluding hydrogens is 454 g/mol. The summed E-state index contributed by atoms with van der Waals surface area (Å²) in [6.45, 7) is 10.7. The molecular formula is C29H51N3O4. The third-order valence-electron chi connectivity index (χ3n) is 12.1. The van der Waals surface area contributed by atoms with Crippen molar-refractivity contribution in [3.63, 3.8) is 0 Å². The molecule has 0 spiro atoms. The number of nitrogens with one attached hydrogen (secondary N) is 1. The summed E-state index contributed by atoms with van der Waals surface area (Å²) in [6.07, 6.45) is 6.78. The molecule has 7 heteroatoms. The Balaban J connectivity index is 1.24. The van der Waals surface area contributed by atoms with E-state index >= 15 is 0 Å². The van der Waals surface area contributed by atoms with Gasteiger partial charge in [0.25, 0.3) is 0 Å². The molecule has 1 aliphatic heterocycles. The SMILES string of the molecule is C[C@H](CCC(=O)NN1CCN(C)CC1)[C@H]1CC[C@H]2[C@@H]3[C@H](O)C[C@@H]4C[C@H](O)CC[C@]4(C)[C@H]3C[C@H](O)[C@]12C. The Labute approximate surface area is 218 Å². The van der Waals surface area contributed by atoms with Gasteiger partial charge in [-0.15, -0.1) is 0 Å². The molecule has 5 rings (SSSR count). The molecule has 5 aliphatic rings. The van der Waals surface area contributed by atoms with E-state index in [0.717, 1.165) is 77.5 Å². The zero-order valence-electron chi connectivity index (χ0n) is 23.0. The molecule has 36 heavy (non-hydrogen) atoms. The largest absolute Gasteiger partial charge is 0.393 e. The fraction of sp³-hybridized carbons (Fsp3) is 0.966. The average Bonchev–Trinajstić information content (AvgIpc) is 3.19. The smallest absolute Gasteiger partial charge is 0.234 e. The molecule has 0 unspecified atom stereocenters. The Hall–Kier alpha value is -0.730. The van der Waals surface area contributed by atoms with Crippen molar-refractivity contribution in [1.29, 1.82) is 0 Å². The number of likely N-dealkylation sites (N-methyl/N-ethyl adjacent to an activating group) is 1. The molecule has 1 saturated heterocycles. The molecule has 7 nitrogen and oxygen atoms in total. The highest BCUT2D eigenvalue weighted by atomic mass is 16.3. The molecule has 11 atom stereocenters. The summed E-state index contributed by atoms with van der Waals surface area (Å²) in [5.74, 6) is 2.10. The summed E-state index contributed by atoms with van der Waals surface area (Å²) in [6, 6.07) is 0. The molecule has 4 aliphatic carbocycles. The molecule has 4 N–H and O–H groups in total. The Bertz CT molecular complexity index is 803. The van der Waals surface area contributed by atoms with Gasteiger partial charge in [0.15, 0.2) is 0 Å². The van der Waals surface area contributed by atoms with Crippen LogP contribution in [0.25, 0.3) is 0 Å². The topological polar surface area (TPSA) is 96.3 Å². The summed E-state index contributed by atoms with van der Waals surface area (Å²) < 4.78 is 0. The monoisotopic (exact) mass is 505 g/mol. The van der Waals surface area contributed by atoms with Gasteiger partial charge in [-0.05, 0) is 105 Å². The van der Waals surface area contributed by atoms with Crippen molar-refractivity contribution >= 4 is 5.91 Å². The second kappa shape index (κ2) is 10.1. The summed E-state index contributed by atoms with van der Waals surface area (Å²) in [5.41, 5.74) is 3.01. The second-order valence-electron chi connectivity index (χ2n) is 13.9. The highest BCUT2D eigenvalue weighted by Crippen LogP contribution is 2.68. The van der Waals surface area contributed by atoms with Gasteiger partial charge in [0.2, 0.25) is 5.91 Å². The van der Waals surface area contributed by atoms with Gasteiger partial charge in [0.05, 0.1) is 18.3 Å². The highest BCUT2D eigenvalue weighted by molar-refractivity contribution is 5.75. The van der Waals surface area contributed by atoms with Crippen LogP contribution in [0.3, 0.4) is 0 Å². The maximum Gasteiger partial charge on any atom is 0.234 e. The van der Waals surface area contributed by atoms with Crippen molar-refractivity contribution < 1.29 is 20.1 Å². The summed E-state index contributed by atoms with van der Waals surface area (Å²) in [7, 11) is 2.11. The first-order chi connectivity index (χ1) is 17.0. The number of aliphatic hydroxyl groups excluding tert-OH is 3.